The number of carbonyl (C=O) groups is 1. The molecular weight excluding hydrogens is 386 g/mol. The first kappa shape index (κ1) is 18.4. The average Bonchev–Trinajstić information content (AvgIpc) is 3.20. The molecule has 150 valence electrons. The summed E-state index contributed by atoms with van der Waals surface area (Å²) in [6, 6.07) is 9.35. The van der Waals surface area contributed by atoms with E-state index in [1.54, 1.807) is 12.4 Å². The largest absolute Gasteiger partial charge is 0.431 e. The summed E-state index contributed by atoms with van der Waals surface area (Å²) in [6.45, 7) is 0.938. The van der Waals surface area contributed by atoms with E-state index in [0.29, 0.717) is 35.3 Å². The Morgan fingerprint density at radius 2 is 1.86 bits per heavy atom. The Kier molecular flexibility index (Phi) is 4.89. The normalized spacial score (nSPS) is 24.1. The van der Waals surface area contributed by atoms with Gasteiger partial charge in [0.15, 0.2) is 10.5 Å². The highest BCUT2D eigenvalue weighted by Crippen LogP contribution is 2.40. The zero-order valence-corrected chi connectivity index (χ0v) is 16.8. The number of hydrogen-bond acceptors (Lipinski definition) is 7. The van der Waals surface area contributed by atoms with Crippen LogP contribution >= 0.6 is 11.3 Å². The fourth-order valence-corrected chi connectivity index (χ4v) is 5.51. The molecule has 8 heteroatoms. The van der Waals surface area contributed by atoms with E-state index in [4.69, 9.17) is 10.5 Å². The molecule has 3 aromatic rings. The number of fused-ring (bicyclic) bond motifs is 3. The summed E-state index contributed by atoms with van der Waals surface area (Å²) in [5, 5.41) is 0.550. The molecule has 2 fully saturated rings. The van der Waals surface area contributed by atoms with Gasteiger partial charge in [0, 0.05) is 37.4 Å². The molecule has 7 nitrogen and oxygen atoms in total. The quantitative estimate of drug-likeness (QED) is 0.670. The van der Waals surface area contributed by atoms with Crippen LogP contribution in [0.3, 0.4) is 0 Å². The molecule has 1 unspecified atom stereocenters. The van der Waals surface area contributed by atoms with Gasteiger partial charge in [0.1, 0.15) is 5.75 Å². The first-order valence-corrected chi connectivity index (χ1v) is 10.8. The van der Waals surface area contributed by atoms with Crippen molar-refractivity contribution in [2.75, 3.05) is 0 Å². The van der Waals surface area contributed by atoms with Crippen LogP contribution in [0.1, 0.15) is 37.7 Å². The molecule has 4 heterocycles. The Hall–Kier alpha value is -2.58. The lowest BCUT2D eigenvalue weighted by Crippen LogP contribution is -2.43. The Morgan fingerprint density at radius 3 is 2.55 bits per heavy atom. The van der Waals surface area contributed by atoms with E-state index in [1.807, 2.05) is 12.1 Å². The van der Waals surface area contributed by atoms with Gasteiger partial charge in [0.05, 0.1) is 0 Å². The van der Waals surface area contributed by atoms with Crippen molar-refractivity contribution in [1.82, 2.24) is 19.9 Å². The smallest absolute Gasteiger partial charge is 0.282 e. The Bertz CT molecular complexity index is 974. The maximum absolute atomic E-state index is 11.3. The number of benzene rings is 1. The Balaban J connectivity index is 1.22. The molecule has 2 aliphatic rings. The van der Waals surface area contributed by atoms with Crippen molar-refractivity contribution in [3.05, 3.63) is 42.2 Å². The second-order valence-electron chi connectivity index (χ2n) is 7.98. The monoisotopic (exact) mass is 409 g/mol. The number of hydrogen-bond donors (Lipinski definition) is 1. The number of nitrogens with two attached hydrogens (primary N) is 1. The van der Waals surface area contributed by atoms with Gasteiger partial charge in [-0.15, -0.1) is 0 Å². The third-order valence-electron chi connectivity index (χ3n) is 5.99. The predicted molar refractivity (Wildman–Crippen MR) is 111 cm³/mol. The summed E-state index contributed by atoms with van der Waals surface area (Å²) >= 11 is 1.39. The third kappa shape index (κ3) is 3.95. The van der Waals surface area contributed by atoms with Crippen LogP contribution in [0.2, 0.25) is 0 Å². The van der Waals surface area contributed by atoms with E-state index in [9.17, 15) is 4.79 Å². The molecule has 5 rings (SSSR count). The number of amides is 1. The highest BCUT2D eigenvalue weighted by Gasteiger charge is 2.40. The van der Waals surface area contributed by atoms with Crippen LogP contribution in [-0.4, -0.2) is 37.8 Å². The number of rotatable bonds is 6. The van der Waals surface area contributed by atoms with E-state index in [2.05, 4.69) is 32.0 Å². The SMILES string of the molecule is NC(=O)CC1C[C@H]2CC[C@@H](C1)N2Cc1ccc(Oc2nc3nccnc3s2)cc1. The van der Waals surface area contributed by atoms with Crippen molar-refractivity contribution < 1.29 is 9.53 Å². The number of carbonyl (C=O) groups excluding carboxylic acids is 1. The summed E-state index contributed by atoms with van der Waals surface area (Å²) in [5.41, 5.74) is 7.29. The summed E-state index contributed by atoms with van der Waals surface area (Å²) < 4.78 is 5.88. The standard InChI is InChI=1S/C21H23N5O2S/c22-18(27)11-14-9-15-3-4-16(10-14)26(15)12-13-1-5-17(6-2-13)28-21-25-19-20(29-21)24-8-7-23-19/h1-2,5-8,14-16H,3-4,9-12H2,(H2,22,27)/t14?,15-,16+. The van der Waals surface area contributed by atoms with Gasteiger partial charge in [-0.1, -0.05) is 23.5 Å². The van der Waals surface area contributed by atoms with E-state index in [0.717, 1.165) is 30.0 Å². The van der Waals surface area contributed by atoms with Gasteiger partial charge in [-0.25, -0.2) is 9.97 Å². The van der Waals surface area contributed by atoms with Crippen LogP contribution < -0.4 is 10.5 Å². The van der Waals surface area contributed by atoms with Crippen LogP contribution in [0.4, 0.5) is 0 Å². The lowest BCUT2D eigenvalue weighted by Gasteiger charge is -2.38. The van der Waals surface area contributed by atoms with E-state index in [-0.39, 0.29) is 5.91 Å². The third-order valence-corrected chi connectivity index (χ3v) is 6.82. The molecule has 0 saturated carbocycles. The van der Waals surface area contributed by atoms with Gasteiger partial charge in [-0.05, 0) is 49.3 Å². The molecule has 29 heavy (non-hydrogen) atoms. The van der Waals surface area contributed by atoms with E-state index < -0.39 is 0 Å². The highest BCUT2D eigenvalue weighted by atomic mass is 32.1. The van der Waals surface area contributed by atoms with Gasteiger partial charge in [-0.3, -0.25) is 9.69 Å². The van der Waals surface area contributed by atoms with Crippen LogP contribution in [-0.2, 0) is 11.3 Å². The average molecular weight is 410 g/mol. The molecule has 2 bridgehead atoms. The minimum absolute atomic E-state index is 0.168. The fourth-order valence-electron chi connectivity index (χ4n) is 4.77. The first-order valence-electron chi connectivity index (χ1n) is 10.0. The van der Waals surface area contributed by atoms with Crippen LogP contribution in [0, 0.1) is 5.92 Å². The molecule has 0 spiro atoms. The molecule has 3 atom stereocenters. The van der Waals surface area contributed by atoms with Crippen molar-refractivity contribution in [3.63, 3.8) is 0 Å². The summed E-state index contributed by atoms with van der Waals surface area (Å²) in [4.78, 5) is 27.5. The minimum Gasteiger partial charge on any atom is -0.431 e. The van der Waals surface area contributed by atoms with Crippen LogP contribution in [0.15, 0.2) is 36.7 Å². The second kappa shape index (κ2) is 7.68. The van der Waals surface area contributed by atoms with Gasteiger partial charge < -0.3 is 10.5 Å². The number of ether oxygens (including phenoxy) is 1. The zero-order chi connectivity index (χ0) is 19.8. The van der Waals surface area contributed by atoms with Gasteiger partial charge in [-0.2, -0.15) is 4.98 Å². The zero-order valence-electron chi connectivity index (χ0n) is 16.0. The number of aromatic nitrogens is 3. The van der Waals surface area contributed by atoms with Crippen LogP contribution in [0.25, 0.3) is 10.5 Å². The lowest BCUT2D eigenvalue weighted by atomic mass is 9.87. The number of piperidine rings is 1. The van der Waals surface area contributed by atoms with Gasteiger partial charge in [0.2, 0.25) is 5.91 Å². The van der Waals surface area contributed by atoms with Crippen molar-refractivity contribution in [2.24, 2.45) is 11.7 Å². The van der Waals surface area contributed by atoms with Crippen molar-refractivity contribution in [2.45, 2.75) is 50.7 Å². The predicted octanol–water partition coefficient (Wildman–Crippen LogP) is 3.50. The van der Waals surface area contributed by atoms with Gasteiger partial charge in [0.25, 0.3) is 5.19 Å². The lowest BCUT2D eigenvalue weighted by molar-refractivity contribution is -0.119. The molecule has 0 radical (unpaired) electrons. The molecule has 1 aromatic carbocycles. The minimum atomic E-state index is -0.168. The summed E-state index contributed by atoms with van der Waals surface area (Å²) in [5.74, 6) is 1.05. The Morgan fingerprint density at radius 1 is 1.14 bits per heavy atom. The van der Waals surface area contributed by atoms with Crippen molar-refractivity contribution in [3.8, 4) is 10.9 Å². The van der Waals surface area contributed by atoms with Crippen molar-refractivity contribution in [1.29, 1.82) is 0 Å². The summed E-state index contributed by atoms with van der Waals surface area (Å²) in [7, 11) is 0. The topological polar surface area (TPSA) is 94.2 Å². The molecule has 1 amide bonds. The first-order chi connectivity index (χ1) is 14.1. The maximum Gasteiger partial charge on any atom is 0.282 e. The van der Waals surface area contributed by atoms with Gasteiger partial charge >= 0.3 is 0 Å². The second-order valence-corrected chi connectivity index (χ2v) is 8.92. The van der Waals surface area contributed by atoms with Crippen LogP contribution in [0.5, 0.6) is 10.9 Å². The van der Waals surface area contributed by atoms with Crippen molar-refractivity contribution >= 4 is 27.7 Å². The Labute approximate surface area is 172 Å². The number of nitrogens with zero attached hydrogens (tertiary/aromatic N) is 4. The summed E-state index contributed by atoms with van der Waals surface area (Å²) in [6.07, 6.45) is 8.43. The molecule has 2 aromatic heterocycles. The fraction of sp³-hybridized carbons (Fsp3) is 0.429. The number of thiazole rings is 1. The molecule has 0 aliphatic carbocycles. The number of primary amides is 1. The highest BCUT2D eigenvalue weighted by molar-refractivity contribution is 7.19. The molecule has 2 aliphatic heterocycles. The van der Waals surface area contributed by atoms with E-state index in [1.165, 1.54) is 29.7 Å². The van der Waals surface area contributed by atoms with E-state index >= 15 is 0 Å². The molecule has 2 N–H and O–H groups in total. The molecule has 2 saturated heterocycles. The molecular formula is C21H23N5O2S. The maximum atomic E-state index is 11.3.